The summed E-state index contributed by atoms with van der Waals surface area (Å²) >= 11 is 1.58. The molecule has 4 nitrogen and oxygen atoms in total. The lowest BCUT2D eigenvalue weighted by atomic mass is 10.0. The van der Waals surface area contributed by atoms with Crippen LogP contribution in [0.1, 0.15) is 20.8 Å². The molecule has 1 amide bonds. The van der Waals surface area contributed by atoms with Crippen LogP contribution >= 0.6 is 11.3 Å². The van der Waals surface area contributed by atoms with Crippen LogP contribution in [0, 0.1) is 6.92 Å². The normalized spacial score (nSPS) is 10.9. The van der Waals surface area contributed by atoms with Crippen molar-refractivity contribution in [2.45, 2.75) is 13.5 Å². The highest BCUT2D eigenvalue weighted by molar-refractivity contribution is 7.09. The van der Waals surface area contributed by atoms with Crippen molar-refractivity contribution in [1.29, 1.82) is 0 Å². The van der Waals surface area contributed by atoms with Gasteiger partial charge in [0.25, 0.3) is 5.91 Å². The largest absolute Gasteiger partial charge is 0.455 e. The van der Waals surface area contributed by atoms with Crippen LogP contribution in [0.3, 0.4) is 0 Å². The Bertz CT molecular complexity index is 1160. The van der Waals surface area contributed by atoms with Crippen molar-refractivity contribution < 1.29 is 9.21 Å². The fourth-order valence-corrected chi connectivity index (χ4v) is 3.67. The summed E-state index contributed by atoms with van der Waals surface area (Å²) in [6.07, 6.45) is 0. The second-order valence-electron chi connectivity index (χ2n) is 6.20. The fourth-order valence-electron chi connectivity index (χ4n) is 3.03. The molecule has 0 unspecified atom stereocenters. The van der Waals surface area contributed by atoms with Crippen molar-refractivity contribution in [3.05, 3.63) is 92.3 Å². The van der Waals surface area contributed by atoms with Gasteiger partial charge >= 0.3 is 0 Å². The average Bonchev–Trinajstić information content (AvgIpc) is 3.23. The number of amides is 1. The van der Waals surface area contributed by atoms with Gasteiger partial charge in [-0.2, -0.15) is 0 Å². The molecule has 0 bridgehead atoms. The molecule has 2 aromatic heterocycles. The molecule has 0 radical (unpaired) electrons. The number of carbonyl (C=O) groups excluding carboxylic acids is 1. The minimum Gasteiger partial charge on any atom is -0.455 e. The van der Waals surface area contributed by atoms with Crippen molar-refractivity contribution in [1.82, 2.24) is 5.32 Å². The van der Waals surface area contributed by atoms with Crippen LogP contribution in [0.25, 0.3) is 22.3 Å². The summed E-state index contributed by atoms with van der Waals surface area (Å²) in [7, 11) is 0. The predicted octanol–water partition coefficient (Wildman–Crippen LogP) is 4.76. The molecule has 0 aliphatic rings. The van der Waals surface area contributed by atoms with Crippen molar-refractivity contribution >= 4 is 28.2 Å². The highest BCUT2D eigenvalue weighted by atomic mass is 32.1. The van der Waals surface area contributed by atoms with E-state index in [0.29, 0.717) is 34.4 Å². The van der Waals surface area contributed by atoms with Gasteiger partial charge in [-0.1, -0.05) is 42.5 Å². The van der Waals surface area contributed by atoms with Crippen molar-refractivity contribution in [3.63, 3.8) is 0 Å². The fraction of sp³-hybridized carbons (Fsp3) is 0.0909. The van der Waals surface area contributed by atoms with Crippen LogP contribution in [0.2, 0.25) is 0 Å². The molecule has 0 atom stereocenters. The van der Waals surface area contributed by atoms with E-state index >= 15 is 0 Å². The molecule has 4 aromatic rings. The number of para-hydroxylation sites is 1. The SMILES string of the molecule is Cc1c(-c2ccccc2)oc2c(C(=O)NCc3cccs3)cccc2c1=O. The first-order valence-corrected chi connectivity index (χ1v) is 9.45. The minimum atomic E-state index is -0.264. The van der Waals surface area contributed by atoms with E-state index in [-0.39, 0.29) is 11.3 Å². The molecule has 134 valence electrons. The summed E-state index contributed by atoms with van der Waals surface area (Å²) in [5.74, 6) is 0.228. The van der Waals surface area contributed by atoms with E-state index in [0.717, 1.165) is 10.4 Å². The predicted molar refractivity (Wildman–Crippen MR) is 108 cm³/mol. The number of thiophene rings is 1. The average molecular weight is 375 g/mol. The molecule has 0 saturated carbocycles. The first kappa shape index (κ1) is 17.2. The quantitative estimate of drug-likeness (QED) is 0.559. The Morgan fingerprint density at radius 1 is 1.04 bits per heavy atom. The van der Waals surface area contributed by atoms with Gasteiger partial charge in [-0.3, -0.25) is 9.59 Å². The monoisotopic (exact) mass is 375 g/mol. The molecule has 0 aliphatic heterocycles. The number of carbonyl (C=O) groups is 1. The third-order valence-corrected chi connectivity index (χ3v) is 5.31. The zero-order valence-electron chi connectivity index (χ0n) is 14.7. The van der Waals surface area contributed by atoms with E-state index in [2.05, 4.69) is 5.32 Å². The highest BCUT2D eigenvalue weighted by Gasteiger charge is 2.18. The number of benzene rings is 2. The maximum absolute atomic E-state index is 12.9. The highest BCUT2D eigenvalue weighted by Crippen LogP contribution is 2.27. The Kier molecular flexibility index (Phi) is 4.60. The molecule has 0 aliphatic carbocycles. The summed E-state index contributed by atoms with van der Waals surface area (Å²) in [6.45, 7) is 2.19. The van der Waals surface area contributed by atoms with Gasteiger partial charge in [0, 0.05) is 16.0 Å². The van der Waals surface area contributed by atoms with Gasteiger partial charge in [0.15, 0.2) is 11.0 Å². The summed E-state index contributed by atoms with van der Waals surface area (Å²) in [6, 6.07) is 18.4. The van der Waals surface area contributed by atoms with Crippen molar-refractivity contribution in [2.75, 3.05) is 0 Å². The Hall–Kier alpha value is -3.18. The third kappa shape index (κ3) is 3.29. The minimum absolute atomic E-state index is 0.122. The van der Waals surface area contributed by atoms with Gasteiger partial charge in [-0.25, -0.2) is 0 Å². The van der Waals surface area contributed by atoms with Crippen LogP contribution in [-0.4, -0.2) is 5.91 Å². The first-order chi connectivity index (χ1) is 13.1. The molecular formula is C22H17NO3S. The van der Waals surface area contributed by atoms with Gasteiger partial charge < -0.3 is 9.73 Å². The molecule has 2 heterocycles. The van der Waals surface area contributed by atoms with Crippen LogP contribution in [-0.2, 0) is 6.54 Å². The van der Waals surface area contributed by atoms with Crippen LogP contribution in [0.15, 0.2) is 75.3 Å². The van der Waals surface area contributed by atoms with Crippen LogP contribution < -0.4 is 10.7 Å². The maximum Gasteiger partial charge on any atom is 0.255 e. The number of hydrogen-bond acceptors (Lipinski definition) is 4. The number of nitrogens with one attached hydrogen (secondary N) is 1. The summed E-state index contributed by atoms with van der Waals surface area (Å²) in [5.41, 5.74) is 1.89. The van der Waals surface area contributed by atoms with Gasteiger partial charge in [-0.05, 0) is 30.5 Å². The molecular weight excluding hydrogens is 358 g/mol. The molecule has 27 heavy (non-hydrogen) atoms. The molecule has 0 fully saturated rings. The number of rotatable bonds is 4. The van der Waals surface area contributed by atoms with Gasteiger partial charge in [0.1, 0.15) is 5.76 Å². The van der Waals surface area contributed by atoms with Gasteiger partial charge in [0.2, 0.25) is 0 Å². The first-order valence-electron chi connectivity index (χ1n) is 8.57. The molecule has 1 N–H and O–H groups in total. The molecule has 5 heteroatoms. The smallest absolute Gasteiger partial charge is 0.255 e. The second kappa shape index (κ2) is 7.21. The standard InChI is InChI=1S/C22H17NO3S/c1-14-19(24)17-10-5-11-18(22(25)23-13-16-9-6-12-27-16)21(17)26-20(14)15-7-3-2-4-8-15/h2-12H,13H2,1H3,(H,23,25). The van der Waals surface area contributed by atoms with E-state index in [1.54, 1.807) is 36.5 Å². The Morgan fingerprint density at radius 2 is 1.85 bits per heavy atom. The zero-order chi connectivity index (χ0) is 18.8. The lowest BCUT2D eigenvalue weighted by molar-refractivity contribution is 0.0952. The van der Waals surface area contributed by atoms with Crippen molar-refractivity contribution in [2.24, 2.45) is 0 Å². The third-order valence-electron chi connectivity index (χ3n) is 4.43. The van der Waals surface area contributed by atoms with E-state index in [4.69, 9.17) is 4.42 Å². The Balaban J connectivity index is 1.81. The van der Waals surface area contributed by atoms with Crippen LogP contribution in [0.5, 0.6) is 0 Å². The van der Waals surface area contributed by atoms with E-state index in [9.17, 15) is 9.59 Å². The number of hydrogen-bond donors (Lipinski definition) is 1. The molecule has 0 spiro atoms. The second-order valence-corrected chi connectivity index (χ2v) is 7.23. The Labute approximate surface area is 160 Å². The van der Waals surface area contributed by atoms with Crippen molar-refractivity contribution in [3.8, 4) is 11.3 Å². The zero-order valence-corrected chi connectivity index (χ0v) is 15.5. The van der Waals surface area contributed by atoms with E-state index in [1.165, 1.54) is 0 Å². The summed E-state index contributed by atoms with van der Waals surface area (Å²) in [4.78, 5) is 26.6. The van der Waals surface area contributed by atoms with Gasteiger partial charge in [0.05, 0.1) is 17.5 Å². The number of fused-ring (bicyclic) bond motifs is 1. The van der Waals surface area contributed by atoms with E-state index < -0.39 is 0 Å². The lowest BCUT2D eigenvalue weighted by Crippen LogP contribution is -2.23. The molecule has 0 saturated heterocycles. The van der Waals surface area contributed by atoms with Crippen LogP contribution in [0.4, 0.5) is 0 Å². The topological polar surface area (TPSA) is 59.3 Å². The molecule has 2 aromatic carbocycles. The maximum atomic E-state index is 12.9. The summed E-state index contributed by atoms with van der Waals surface area (Å²) < 4.78 is 6.09. The summed E-state index contributed by atoms with van der Waals surface area (Å²) in [5, 5.41) is 5.27. The molecule has 4 rings (SSSR count). The van der Waals surface area contributed by atoms with E-state index in [1.807, 2.05) is 47.8 Å². The van der Waals surface area contributed by atoms with Gasteiger partial charge in [-0.15, -0.1) is 11.3 Å². The Morgan fingerprint density at radius 3 is 2.59 bits per heavy atom. The lowest BCUT2D eigenvalue weighted by Gasteiger charge is -2.10.